The zero-order valence-corrected chi connectivity index (χ0v) is 15.7. The Balaban J connectivity index is 1.51. The second-order valence-corrected chi connectivity index (χ2v) is 6.79. The first-order chi connectivity index (χ1) is 13.0. The van der Waals surface area contributed by atoms with Crippen molar-refractivity contribution < 1.29 is 23.8 Å². The quantitative estimate of drug-likeness (QED) is 0.548. The fourth-order valence-electron chi connectivity index (χ4n) is 2.98. The molecule has 1 fully saturated rings. The van der Waals surface area contributed by atoms with Crippen molar-refractivity contribution in [2.24, 2.45) is 0 Å². The van der Waals surface area contributed by atoms with E-state index >= 15 is 0 Å². The molecule has 0 radical (unpaired) electrons. The number of hydrogen-bond acceptors (Lipinski definition) is 5. The molecule has 0 aromatic heterocycles. The highest BCUT2D eigenvalue weighted by Crippen LogP contribution is 2.17. The van der Waals surface area contributed by atoms with E-state index < -0.39 is 5.97 Å². The number of hydrogen-bond donors (Lipinski definition) is 0. The minimum Gasteiger partial charge on any atom is -0.491 e. The van der Waals surface area contributed by atoms with E-state index in [1.165, 1.54) is 0 Å². The van der Waals surface area contributed by atoms with Crippen LogP contribution in [0.1, 0.15) is 44.7 Å². The average Bonchev–Trinajstić information content (AvgIpc) is 3.20. The molecule has 1 saturated heterocycles. The Hall–Kier alpha value is -2.66. The largest absolute Gasteiger partial charge is 0.491 e. The molecule has 1 aliphatic heterocycles. The number of carbonyl (C=O) groups excluding carboxylic acids is 2. The van der Waals surface area contributed by atoms with Gasteiger partial charge in [0, 0.05) is 12.2 Å². The second-order valence-electron chi connectivity index (χ2n) is 6.79. The van der Waals surface area contributed by atoms with Crippen LogP contribution >= 0.6 is 0 Å². The van der Waals surface area contributed by atoms with Crippen LogP contribution in [0.5, 0.6) is 5.75 Å². The van der Waals surface area contributed by atoms with Crippen LogP contribution in [0.4, 0.5) is 0 Å². The van der Waals surface area contributed by atoms with Crippen molar-refractivity contribution >= 4 is 11.8 Å². The van der Waals surface area contributed by atoms with Gasteiger partial charge in [0.2, 0.25) is 5.78 Å². The molecule has 5 heteroatoms. The van der Waals surface area contributed by atoms with Crippen molar-refractivity contribution in [1.82, 2.24) is 0 Å². The summed E-state index contributed by atoms with van der Waals surface area (Å²) in [5.74, 6) is -0.0612. The van der Waals surface area contributed by atoms with Crippen LogP contribution in [0, 0.1) is 13.8 Å². The number of benzene rings is 2. The predicted molar refractivity (Wildman–Crippen MR) is 101 cm³/mol. The lowest BCUT2D eigenvalue weighted by molar-refractivity contribution is 0.0474. The summed E-state index contributed by atoms with van der Waals surface area (Å²) in [5, 5.41) is 0. The molecule has 1 heterocycles. The van der Waals surface area contributed by atoms with Gasteiger partial charge in [-0.15, -0.1) is 0 Å². The van der Waals surface area contributed by atoms with Crippen LogP contribution in [-0.4, -0.2) is 37.7 Å². The Bertz CT molecular complexity index is 804. The Morgan fingerprint density at radius 3 is 2.59 bits per heavy atom. The summed E-state index contributed by atoms with van der Waals surface area (Å²) in [7, 11) is 0. The third kappa shape index (κ3) is 5.17. The number of rotatable bonds is 7. The molecule has 0 saturated carbocycles. The maximum Gasteiger partial charge on any atom is 0.338 e. The highest BCUT2D eigenvalue weighted by Gasteiger charge is 2.17. The maximum atomic E-state index is 12.3. The van der Waals surface area contributed by atoms with E-state index in [0.29, 0.717) is 23.5 Å². The smallest absolute Gasteiger partial charge is 0.338 e. The first kappa shape index (κ1) is 19.1. The minimum atomic E-state index is -0.528. The highest BCUT2D eigenvalue weighted by atomic mass is 16.5. The molecule has 3 rings (SSSR count). The molecule has 142 valence electrons. The molecule has 2 aromatic rings. The topological polar surface area (TPSA) is 61.8 Å². The van der Waals surface area contributed by atoms with Crippen molar-refractivity contribution in [2.75, 3.05) is 19.8 Å². The van der Waals surface area contributed by atoms with Gasteiger partial charge in [0.25, 0.3) is 0 Å². The average molecular weight is 368 g/mol. The van der Waals surface area contributed by atoms with Crippen molar-refractivity contribution in [3.8, 4) is 5.75 Å². The van der Waals surface area contributed by atoms with Crippen molar-refractivity contribution in [3.05, 3.63) is 64.7 Å². The van der Waals surface area contributed by atoms with Gasteiger partial charge < -0.3 is 14.2 Å². The van der Waals surface area contributed by atoms with Crippen LogP contribution in [-0.2, 0) is 9.47 Å². The fraction of sp³-hybridized carbons (Fsp3) is 0.364. The van der Waals surface area contributed by atoms with E-state index in [1.54, 1.807) is 24.3 Å². The van der Waals surface area contributed by atoms with Gasteiger partial charge in [-0.3, -0.25) is 4.79 Å². The van der Waals surface area contributed by atoms with Crippen LogP contribution in [0.2, 0.25) is 0 Å². The summed E-state index contributed by atoms with van der Waals surface area (Å²) < 4.78 is 16.4. The molecule has 1 aliphatic rings. The summed E-state index contributed by atoms with van der Waals surface area (Å²) in [6.07, 6.45) is 2.23. The summed E-state index contributed by atoms with van der Waals surface area (Å²) in [6, 6.07) is 12.4. The number of esters is 1. The normalized spacial score (nSPS) is 16.1. The van der Waals surface area contributed by atoms with Crippen LogP contribution in [0.25, 0.3) is 0 Å². The molecule has 2 aromatic carbocycles. The lowest BCUT2D eigenvalue weighted by Gasteiger charge is -2.11. The third-order valence-electron chi connectivity index (χ3n) is 4.58. The van der Waals surface area contributed by atoms with Gasteiger partial charge in [0.1, 0.15) is 12.4 Å². The van der Waals surface area contributed by atoms with Gasteiger partial charge in [-0.2, -0.15) is 0 Å². The summed E-state index contributed by atoms with van der Waals surface area (Å²) in [4.78, 5) is 24.5. The van der Waals surface area contributed by atoms with Gasteiger partial charge >= 0.3 is 5.97 Å². The molecule has 0 bridgehead atoms. The highest BCUT2D eigenvalue weighted by molar-refractivity contribution is 6.00. The number of ketones is 1. The Morgan fingerprint density at radius 2 is 1.89 bits per heavy atom. The molecular weight excluding hydrogens is 344 g/mol. The summed E-state index contributed by atoms with van der Waals surface area (Å²) in [5.41, 5.74) is 2.83. The number of carbonyl (C=O) groups is 2. The molecule has 0 aliphatic carbocycles. The van der Waals surface area contributed by atoms with E-state index in [-0.39, 0.29) is 18.5 Å². The van der Waals surface area contributed by atoms with Crippen molar-refractivity contribution in [1.29, 1.82) is 0 Å². The minimum absolute atomic E-state index is 0.144. The van der Waals surface area contributed by atoms with Crippen molar-refractivity contribution in [3.63, 3.8) is 0 Å². The van der Waals surface area contributed by atoms with E-state index in [0.717, 1.165) is 30.6 Å². The Labute approximate surface area is 159 Å². The monoisotopic (exact) mass is 368 g/mol. The van der Waals surface area contributed by atoms with Crippen LogP contribution in [0.15, 0.2) is 42.5 Å². The molecule has 0 N–H and O–H groups in total. The molecule has 0 amide bonds. The standard InChI is InChI=1S/C22H24O5/c1-15-5-6-16(2)20(12-15)21(23)14-27-22(24)17-7-9-18(10-8-17)26-13-19-4-3-11-25-19/h5-10,12,19H,3-4,11,13-14H2,1-2H3/t19-/m0/s1. The first-order valence-electron chi connectivity index (χ1n) is 9.15. The lowest BCUT2D eigenvalue weighted by atomic mass is 10.0. The van der Waals surface area contributed by atoms with Gasteiger partial charge in [-0.05, 0) is 62.6 Å². The van der Waals surface area contributed by atoms with Gasteiger partial charge in [-0.25, -0.2) is 4.79 Å². The molecule has 0 unspecified atom stereocenters. The zero-order valence-electron chi connectivity index (χ0n) is 15.7. The van der Waals surface area contributed by atoms with E-state index in [4.69, 9.17) is 14.2 Å². The molecule has 5 nitrogen and oxygen atoms in total. The number of Topliss-reactive ketones (excluding diaryl/α,β-unsaturated/α-hetero) is 1. The number of aryl methyl sites for hydroxylation is 2. The van der Waals surface area contributed by atoms with E-state index in [9.17, 15) is 9.59 Å². The van der Waals surface area contributed by atoms with Gasteiger partial charge in [0.05, 0.1) is 11.7 Å². The van der Waals surface area contributed by atoms with Gasteiger partial charge in [-0.1, -0.05) is 17.7 Å². The SMILES string of the molecule is Cc1ccc(C)c(C(=O)COC(=O)c2ccc(OC[C@@H]3CCCO3)cc2)c1. The summed E-state index contributed by atoms with van der Waals surface area (Å²) >= 11 is 0. The molecular formula is C22H24O5. The van der Waals surface area contributed by atoms with E-state index in [1.807, 2.05) is 32.0 Å². The van der Waals surface area contributed by atoms with Crippen LogP contribution in [0.3, 0.4) is 0 Å². The van der Waals surface area contributed by atoms with Crippen LogP contribution < -0.4 is 4.74 Å². The van der Waals surface area contributed by atoms with Crippen molar-refractivity contribution in [2.45, 2.75) is 32.8 Å². The lowest BCUT2D eigenvalue weighted by Crippen LogP contribution is -2.16. The first-order valence-corrected chi connectivity index (χ1v) is 9.15. The summed E-state index contributed by atoms with van der Waals surface area (Å²) in [6.45, 7) is 4.81. The Kier molecular flexibility index (Phi) is 6.24. The van der Waals surface area contributed by atoms with Gasteiger partial charge in [0.15, 0.2) is 6.61 Å². The predicted octanol–water partition coefficient (Wildman–Crippen LogP) is 3.90. The fourth-order valence-corrected chi connectivity index (χ4v) is 2.98. The molecule has 27 heavy (non-hydrogen) atoms. The molecule has 0 spiro atoms. The van der Waals surface area contributed by atoms with E-state index in [2.05, 4.69) is 0 Å². The zero-order chi connectivity index (χ0) is 19.2. The Morgan fingerprint density at radius 1 is 1.11 bits per heavy atom. The number of ether oxygens (including phenoxy) is 3. The molecule has 1 atom stereocenters. The third-order valence-corrected chi connectivity index (χ3v) is 4.58. The second kappa shape index (κ2) is 8.82. The maximum absolute atomic E-state index is 12.3.